The SMILES string of the molecule is CCCCC(=C=C(C)C)C1=CC(=NCc2ccccc2)OC1(C)CC. The Bertz CT molecular complexity index is 701. The molecule has 0 aromatic heterocycles. The summed E-state index contributed by atoms with van der Waals surface area (Å²) in [6, 6.07) is 10.3. The van der Waals surface area contributed by atoms with Crippen molar-refractivity contribution >= 4 is 5.90 Å². The molecule has 0 saturated heterocycles. The topological polar surface area (TPSA) is 21.6 Å². The highest BCUT2D eigenvalue weighted by atomic mass is 16.5. The molecule has 0 fully saturated rings. The largest absolute Gasteiger partial charge is 0.467 e. The maximum Gasteiger partial charge on any atom is 0.210 e. The first-order valence-corrected chi connectivity index (χ1v) is 9.41. The normalized spacial score (nSPS) is 20.8. The van der Waals surface area contributed by atoms with E-state index in [1.807, 2.05) is 18.2 Å². The van der Waals surface area contributed by atoms with Crippen LogP contribution in [-0.4, -0.2) is 11.5 Å². The lowest BCUT2D eigenvalue weighted by Crippen LogP contribution is -2.28. The fourth-order valence-corrected chi connectivity index (χ4v) is 3.01. The first kappa shape index (κ1) is 19.3. The van der Waals surface area contributed by atoms with Crippen molar-refractivity contribution in [2.45, 2.75) is 72.4 Å². The first-order valence-electron chi connectivity index (χ1n) is 9.41. The zero-order valence-electron chi connectivity index (χ0n) is 16.4. The molecular formula is C23H31NO. The van der Waals surface area contributed by atoms with Crippen LogP contribution in [0, 0.1) is 0 Å². The van der Waals surface area contributed by atoms with Gasteiger partial charge in [-0.3, -0.25) is 0 Å². The average Bonchev–Trinajstić information content (AvgIpc) is 2.95. The Morgan fingerprint density at radius 3 is 2.48 bits per heavy atom. The molecule has 0 saturated carbocycles. The van der Waals surface area contributed by atoms with Gasteiger partial charge in [-0.1, -0.05) is 50.6 Å². The second kappa shape index (κ2) is 8.87. The maximum absolute atomic E-state index is 6.26. The molecule has 1 aliphatic heterocycles. The third-order valence-corrected chi connectivity index (χ3v) is 4.61. The number of ether oxygens (including phenoxy) is 1. The molecule has 1 heterocycles. The molecule has 25 heavy (non-hydrogen) atoms. The van der Waals surface area contributed by atoms with Crippen LogP contribution in [0.2, 0.25) is 0 Å². The lowest BCUT2D eigenvalue weighted by Gasteiger charge is -2.27. The van der Waals surface area contributed by atoms with E-state index in [0.717, 1.165) is 18.7 Å². The van der Waals surface area contributed by atoms with E-state index < -0.39 is 0 Å². The molecule has 1 aromatic rings. The van der Waals surface area contributed by atoms with Crippen LogP contribution in [0.5, 0.6) is 0 Å². The molecule has 2 rings (SSSR count). The van der Waals surface area contributed by atoms with Crippen molar-refractivity contribution in [3.05, 3.63) is 64.4 Å². The molecule has 0 radical (unpaired) electrons. The summed E-state index contributed by atoms with van der Waals surface area (Å²) in [4.78, 5) is 4.70. The van der Waals surface area contributed by atoms with Crippen molar-refractivity contribution < 1.29 is 4.74 Å². The lowest BCUT2D eigenvalue weighted by molar-refractivity contribution is 0.125. The number of nitrogens with zero attached hydrogens (tertiary/aromatic N) is 1. The van der Waals surface area contributed by atoms with Gasteiger partial charge in [0.05, 0.1) is 6.54 Å². The van der Waals surface area contributed by atoms with Crippen LogP contribution >= 0.6 is 0 Å². The van der Waals surface area contributed by atoms with Crippen molar-refractivity contribution in [1.82, 2.24) is 0 Å². The number of hydrogen-bond acceptors (Lipinski definition) is 2. The van der Waals surface area contributed by atoms with E-state index in [1.165, 1.54) is 35.1 Å². The zero-order chi connectivity index (χ0) is 18.3. The monoisotopic (exact) mass is 337 g/mol. The molecule has 1 atom stereocenters. The fourth-order valence-electron chi connectivity index (χ4n) is 3.01. The van der Waals surface area contributed by atoms with Crippen LogP contribution in [0.25, 0.3) is 0 Å². The molecule has 134 valence electrons. The maximum atomic E-state index is 6.26. The Kier molecular flexibility index (Phi) is 6.84. The Hall–Kier alpha value is -2.05. The third-order valence-electron chi connectivity index (χ3n) is 4.61. The van der Waals surface area contributed by atoms with E-state index in [-0.39, 0.29) is 5.60 Å². The summed E-state index contributed by atoms with van der Waals surface area (Å²) in [5.74, 6) is 0.743. The van der Waals surface area contributed by atoms with Gasteiger partial charge in [0.1, 0.15) is 5.60 Å². The summed E-state index contributed by atoms with van der Waals surface area (Å²) >= 11 is 0. The third kappa shape index (κ3) is 5.21. The Balaban J connectivity index is 2.33. The molecule has 0 spiro atoms. The van der Waals surface area contributed by atoms with Crippen LogP contribution in [0.1, 0.15) is 65.9 Å². The van der Waals surface area contributed by atoms with Gasteiger partial charge in [-0.2, -0.15) is 0 Å². The second-order valence-electron chi connectivity index (χ2n) is 7.09. The standard InChI is InChI=1S/C23H31NO/c1-6-8-14-20(15-18(3)4)21-16-22(25-23(21,5)7-2)24-17-19-12-10-9-11-13-19/h9-13,16H,6-8,14,17H2,1-5H3. The van der Waals surface area contributed by atoms with Gasteiger partial charge in [-0.15, -0.1) is 5.73 Å². The smallest absolute Gasteiger partial charge is 0.210 e. The van der Waals surface area contributed by atoms with Gasteiger partial charge in [0, 0.05) is 17.2 Å². The van der Waals surface area contributed by atoms with E-state index >= 15 is 0 Å². The Labute approximate surface area is 153 Å². The molecule has 0 amide bonds. The summed E-state index contributed by atoms with van der Waals surface area (Å²) < 4.78 is 6.26. The fraction of sp³-hybridized carbons (Fsp3) is 0.478. The number of rotatable bonds is 7. The molecule has 2 heteroatoms. The van der Waals surface area contributed by atoms with E-state index in [4.69, 9.17) is 9.73 Å². The minimum atomic E-state index is -0.305. The summed E-state index contributed by atoms with van der Waals surface area (Å²) in [5, 5.41) is 0. The number of unbranched alkanes of at least 4 members (excludes halogenated alkanes) is 1. The van der Waals surface area contributed by atoms with E-state index in [9.17, 15) is 0 Å². The summed E-state index contributed by atoms with van der Waals surface area (Å²) in [6.07, 6.45) is 6.44. The summed E-state index contributed by atoms with van der Waals surface area (Å²) in [7, 11) is 0. The van der Waals surface area contributed by atoms with Crippen molar-refractivity contribution in [2.24, 2.45) is 4.99 Å². The Morgan fingerprint density at radius 1 is 1.16 bits per heavy atom. The molecule has 0 bridgehead atoms. The van der Waals surface area contributed by atoms with Crippen molar-refractivity contribution in [3.8, 4) is 0 Å². The quantitative estimate of drug-likeness (QED) is 0.528. The molecule has 1 aliphatic rings. The molecular weight excluding hydrogens is 306 g/mol. The van der Waals surface area contributed by atoms with Crippen LogP contribution < -0.4 is 0 Å². The minimum absolute atomic E-state index is 0.305. The highest BCUT2D eigenvalue weighted by Gasteiger charge is 2.37. The van der Waals surface area contributed by atoms with E-state index in [2.05, 4.69) is 58.6 Å². The highest BCUT2D eigenvalue weighted by Crippen LogP contribution is 2.37. The Morgan fingerprint density at radius 2 is 1.88 bits per heavy atom. The summed E-state index contributed by atoms with van der Waals surface area (Å²) in [5.41, 5.74) is 8.19. The van der Waals surface area contributed by atoms with Crippen LogP contribution in [0.4, 0.5) is 0 Å². The number of hydrogen-bond donors (Lipinski definition) is 0. The highest BCUT2D eigenvalue weighted by molar-refractivity contribution is 5.93. The van der Waals surface area contributed by atoms with E-state index in [1.54, 1.807) is 0 Å². The second-order valence-corrected chi connectivity index (χ2v) is 7.09. The number of benzene rings is 1. The van der Waals surface area contributed by atoms with Crippen molar-refractivity contribution in [2.75, 3.05) is 0 Å². The molecule has 1 aromatic carbocycles. The predicted octanol–water partition coefficient (Wildman–Crippen LogP) is 6.39. The molecule has 2 nitrogen and oxygen atoms in total. The predicted molar refractivity (Wildman–Crippen MR) is 107 cm³/mol. The van der Waals surface area contributed by atoms with Crippen molar-refractivity contribution in [3.63, 3.8) is 0 Å². The molecule has 1 unspecified atom stereocenters. The van der Waals surface area contributed by atoms with Gasteiger partial charge in [0.2, 0.25) is 5.90 Å². The van der Waals surface area contributed by atoms with Gasteiger partial charge in [-0.05, 0) is 51.2 Å². The average molecular weight is 338 g/mol. The van der Waals surface area contributed by atoms with Gasteiger partial charge < -0.3 is 4.74 Å². The van der Waals surface area contributed by atoms with Crippen LogP contribution in [0.3, 0.4) is 0 Å². The lowest BCUT2D eigenvalue weighted by atomic mass is 9.86. The van der Waals surface area contributed by atoms with Gasteiger partial charge in [-0.25, -0.2) is 4.99 Å². The van der Waals surface area contributed by atoms with Gasteiger partial charge >= 0.3 is 0 Å². The van der Waals surface area contributed by atoms with Crippen LogP contribution in [-0.2, 0) is 11.3 Å². The molecule has 0 N–H and O–H groups in total. The zero-order valence-corrected chi connectivity index (χ0v) is 16.4. The van der Waals surface area contributed by atoms with Gasteiger partial charge in [0.15, 0.2) is 0 Å². The van der Waals surface area contributed by atoms with E-state index in [0.29, 0.717) is 6.54 Å². The molecule has 0 aliphatic carbocycles. The minimum Gasteiger partial charge on any atom is -0.467 e. The van der Waals surface area contributed by atoms with Crippen molar-refractivity contribution in [1.29, 1.82) is 0 Å². The summed E-state index contributed by atoms with van der Waals surface area (Å²) in [6.45, 7) is 11.4. The number of aliphatic imine (C=N–C) groups is 1. The van der Waals surface area contributed by atoms with Crippen LogP contribution in [0.15, 0.2) is 63.9 Å². The van der Waals surface area contributed by atoms with Gasteiger partial charge in [0.25, 0.3) is 0 Å². The first-order chi connectivity index (χ1) is 12.0.